The fourth-order valence-corrected chi connectivity index (χ4v) is 1.73. The number of carbonyl (C=O) groups excluding carboxylic acids is 1. The molecular weight excluding hydrogens is 248 g/mol. The Hall–Kier alpha value is -1.30. The molecule has 0 aromatic rings. The molecule has 0 bridgehead atoms. The van der Waals surface area contributed by atoms with Crippen molar-refractivity contribution in [1.82, 2.24) is 10.2 Å². The highest BCUT2D eigenvalue weighted by atomic mass is 16.4. The van der Waals surface area contributed by atoms with Gasteiger partial charge in [0, 0.05) is 20.0 Å². The lowest BCUT2D eigenvalue weighted by Crippen LogP contribution is -2.45. The SMILES string of the molecule is CC(CCNC(=O)N(C)CC(C)(C)O)CCC(=O)O. The van der Waals surface area contributed by atoms with Crippen molar-refractivity contribution in [2.24, 2.45) is 5.92 Å². The van der Waals surface area contributed by atoms with Crippen molar-refractivity contribution in [3.63, 3.8) is 0 Å². The highest BCUT2D eigenvalue weighted by Gasteiger charge is 2.19. The Morgan fingerprint density at radius 1 is 1.32 bits per heavy atom. The minimum Gasteiger partial charge on any atom is -0.481 e. The zero-order chi connectivity index (χ0) is 15.1. The van der Waals surface area contributed by atoms with Crippen molar-refractivity contribution in [2.75, 3.05) is 20.1 Å². The molecule has 0 saturated carbocycles. The molecule has 0 aromatic carbocycles. The summed E-state index contributed by atoms with van der Waals surface area (Å²) in [4.78, 5) is 23.5. The molecule has 0 aliphatic rings. The lowest BCUT2D eigenvalue weighted by Gasteiger charge is -2.25. The molecule has 112 valence electrons. The summed E-state index contributed by atoms with van der Waals surface area (Å²) in [5, 5.41) is 20.9. The molecule has 19 heavy (non-hydrogen) atoms. The van der Waals surface area contributed by atoms with Gasteiger partial charge in [-0.05, 0) is 32.6 Å². The average Bonchev–Trinajstić information content (AvgIpc) is 2.23. The Balaban J connectivity index is 3.82. The van der Waals surface area contributed by atoms with Crippen molar-refractivity contribution in [1.29, 1.82) is 0 Å². The molecule has 1 unspecified atom stereocenters. The monoisotopic (exact) mass is 274 g/mol. The smallest absolute Gasteiger partial charge is 0.317 e. The number of hydrogen-bond acceptors (Lipinski definition) is 3. The first-order valence-corrected chi connectivity index (χ1v) is 6.55. The summed E-state index contributed by atoms with van der Waals surface area (Å²) >= 11 is 0. The minimum atomic E-state index is -0.916. The fraction of sp³-hybridized carbons (Fsp3) is 0.846. The number of amides is 2. The van der Waals surface area contributed by atoms with Gasteiger partial charge in [0.2, 0.25) is 0 Å². The van der Waals surface area contributed by atoms with E-state index in [1.165, 1.54) is 4.90 Å². The normalized spacial score (nSPS) is 12.9. The quantitative estimate of drug-likeness (QED) is 0.622. The van der Waals surface area contributed by atoms with Crippen LogP contribution in [0.1, 0.15) is 40.0 Å². The summed E-state index contributed by atoms with van der Waals surface area (Å²) in [6.07, 6.45) is 1.52. The molecule has 0 radical (unpaired) electrons. The molecule has 0 fully saturated rings. The second kappa shape index (κ2) is 7.99. The molecule has 0 aliphatic carbocycles. The van der Waals surface area contributed by atoms with E-state index >= 15 is 0 Å². The molecule has 2 amide bonds. The molecule has 6 heteroatoms. The summed E-state index contributed by atoms with van der Waals surface area (Å²) in [5.41, 5.74) is -0.916. The maximum Gasteiger partial charge on any atom is 0.317 e. The molecule has 0 aromatic heterocycles. The van der Waals surface area contributed by atoms with Crippen molar-refractivity contribution < 1.29 is 19.8 Å². The van der Waals surface area contributed by atoms with Crippen LogP contribution in [0.2, 0.25) is 0 Å². The molecule has 0 saturated heterocycles. The number of aliphatic carboxylic acids is 1. The van der Waals surface area contributed by atoms with Gasteiger partial charge in [-0.15, -0.1) is 0 Å². The van der Waals surface area contributed by atoms with Crippen LogP contribution in [0.5, 0.6) is 0 Å². The van der Waals surface area contributed by atoms with E-state index in [2.05, 4.69) is 5.32 Å². The second-order valence-corrected chi connectivity index (χ2v) is 5.73. The van der Waals surface area contributed by atoms with Gasteiger partial charge in [0.1, 0.15) is 0 Å². The maximum atomic E-state index is 11.7. The summed E-state index contributed by atoms with van der Waals surface area (Å²) in [6.45, 7) is 6.02. The first-order valence-electron chi connectivity index (χ1n) is 6.55. The number of aliphatic hydroxyl groups is 1. The van der Waals surface area contributed by atoms with Gasteiger partial charge in [-0.25, -0.2) is 4.79 Å². The zero-order valence-electron chi connectivity index (χ0n) is 12.3. The third-order valence-electron chi connectivity index (χ3n) is 2.74. The van der Waals surface area contributed by atoms with Gasteiger partial charge >= 0.3 is 12.0 Å². The van der Waals surface area contributed by atoms with Crippen molar-refractivity contribution in [3.8, 4) is 0 Å². The summed E-state index contributed by atoms with van der Waals surface area (Å²) < 4.78 is 0. The van der Waals surface area contributed by atoms with Gasteiger partial charge < -0.3 is 20.4 Å². The predicted octanol–water partition coefficient (Wildman–Crippen LogP) is 1.29. The third-order valence-corrected chi connectivity index (χ3v) is 2.74. The highest BCUT2D eigenvalue weighted by molar-refractivity contribution is 5.73. The minimum absolute atomic E-state index is 0.160. The molecule has 0 spiro atoms. The number of rotatable bonds is 8. The second-order valence-electron chi connectivity index (χ2n) is 5.73. The molecule has 1 atom stereocenters. The van der Waals surface area contributed by atoms with E-state index in [1.54, 1.807) is 20.9 Å². The van der Waals surface area contributed by atoms with Gasteiger partial charge in [-0.3, -0.25) is 4.79 Å². The van der Waals surface area contributed by atoms with E-state index in [9.17, 15) is 14.7 Å². The number of urea groups is 1. The standard InChI is InChI=1S/C13H26N2O4/c1-10(5-6-11(16)17)7-8-14-12(18)15(4)9-13(2,3)19/h10,19H,5-9H2,1-4H3,(H,14,18)(H,16,17). The number of carbonyl (C=O) groups is 2. The van der Waals surface area contributed by atoms with Crippen LogP contribution in [0.4, 0.5) is 4.79 Å². The van der Waals surface area contributed by atoms with Crippen LogP contribution in [0.3, 0.4) is 0 Å². The summed E-state index contributed by atoms with van der Waals surface area (Å²) in [7, 11) is 1.63. The van der Waals surface area contributed by atoms with Crippen LogP contribution in [-0.2, 0) is 4.79 Å². The first-order chi connectivity index (χ1) is 8.61. The van der Waals surface area contributed by atoms with Crippen LogP contribution >= 0.6 is 0 Å². The van der Waals surface area contributed by atoms with Crippen LogP contribution in [0.25, 0.3) is 0 Å². The Labute approximate surface area is 114 Å². The van der Waals surface area contributed by atoms with Gasteiger partial charge in [-0.2, -0.15) is 0 Å². The van der Waals surface area contributed by atoms with E-state index in [4.69, 9.17) is 5.11 Å². The predicted molar refractivity (Wildman–Crippen MR) is 73.0 cm³/mol. The first kappa shape index (κ1) is 17.7. The van der Waals surface area contributed by atoms with Crippen molar-refractivity contribution in [3.05, 3.63) is 0 Å². The lowest BCUT2D eigenvalue weighted by molar-refractivity contribution is -0.137. The average molecular weight is 274 g/mol. The van der Waals surface area contributed by atoms with Gasteiger partial charge in [0.05, 0.1) is 12.1 Å². The number of nitrogens with zero attached hydrogens (tertiary/aromatic N) is 1. The van der Waals surface area contributed by atoms with Crippen molar-refractivity contribution in [2.45, 2.75) is 45.6 Å². The molecule has 0 aliphatic heterocycles. The number of carboxylic acid groups (broad SMARTS) is 1. The lowest BCUT2D eigenvalue weighted by atomic mass is 10.0. The Morgan fingerprint density at radius 2 is 1.89 bits per heavy atom. The van der Waals surface area contributed by atoms with E-state index in [1.807, 2.05) is 6.92 Å². The third kappa shape index (κ3) is 10.3. The van der Waals surface area contributed by atoms with E-state index in [0.717, 1.165) is 6.42 Å². The van der Waals surface area contributed by atoms with Crippen LogP contribution < -0.4 is 5.32 Å². The topological polar surface area (TPSA) is 89.9 Å². The van der Waals surface area contributed by atoms with Gasteiger partial charge in [-0.1, -0.05) is 6.92 Å². The molecule has 0 heterocycles. The largest absolute Gasteiger partial charge is 0.481 e. The molecule has 3 N–H and O–H groups in total. The van der Waals surface area contributed by atoms with Gasteiger partial charge in [0.25, 0.3) is 0 Å². The van der Waals surface area contributed by atoms with Crippen LogP contribution in [0, 0.1) is 5.92 Å². The number of carboxylic acids is 1. The Morgan fingerprint density at radius 3 is 2.37 bits per heavy atom. The highest BCUT2D eigenvalue weighted by Crippen LogP contribution is 2.09. The molecule has 0 rings (SSSR count). The van der Waals surface area contributed by atoms with E-state index < -0.39 is 11.6 Å². The molecule has 6 nitrogen and oxygen atoms in total. The van der Waals surface area contributed by atoms with Gasteiger partial charge in [0.15, 0.2) is 0 Å². The van der Waals surface area contributed by atoms with Crippen LogP contribution in [-0.4, -0.2) is 52.9 Å². The van der Waals surface area contributed by atoms with E-state index in [0.29, 0.717) is 13.0 Å². The maximum absolute atomic E-state index is 11.7. The zero-order valence-corrected chi connectivity index (χ0v) is 12.3. The Kier molecular flexibility index (Phi) is 7.44. The summed E-state index contributed by atoms with van der Waals surface area (Å²) in [6, 6.07) is -0.229. The Bertz CT molecular complexity index is 300. The number of likely N-dealkylation sites (N-methyl/N-ethyl adjacent to an activating group) is 1. The number of nitrogens with one attached hydrogen (secondary N) is 1. The number of hydrogen-bond donors (Lipinski definition) is 3. The summed E-state index contributed by atoms with van der Waals surface area (Å²) in [5.74, 6) is -0.531. The van der Waals surface area contributed by atoms with E-state index in [-0.39, 0.29) is 24.9 Å². The van der Waals surface area contributed by atoms with Crippen LogP contribution in [0.15, 0.2) is 0 Å². The molecular formula is C13H26N2O4. The fourth-order valence-electron chi connectivity index (χ4n) is 1.73. The van der Waals surface area contributed by atoms with Crippen molar-refractivity contribution >= 4 is 12.0 Å².